The van der Waals surface area contributed by atoms with E-state index in [1.807, 2.05) is 35.0 Å². The van der Waals surface area contributed by atoms with Crippen LogP contribution >= 0.6 is 12.2 Å². The summed E-state index contributed by atoms with van der Waals surface area (Å²) in [5.74, 6) is -0.00450. The van der Waals surface area contributed by atoms with Crippen LogP contribution in [0, 0.1) is 4.77 Å². The van der Waals surface area contributed by atoms with Gasteiger partial charge in [-0.25, -0.2) is 0 Å². The van der Waals surface area contributed by atoms with Gasteiger partial charge in [-0.1, -0.05) is 64.7 Å². The van der Waals surface area contributed by atoms with Crippen molar-refractivity contribution in [3.8, 4) is 5.69 Å². The van der Waals surface area contributed by atoms with Crippen LogP contribution in [0.3, 0.4) is 0 Å². The molecule has 2 N–H and O–H groups in total. The number of benzene rings is 1. The highest BCUT2D eigenvalue weighted by Gasteiger charge is 2.05. The lowest BCUT2D eigenvalue weighted by molar-refractivity contribution is 0.0953. The summed E-state index contributed by atoms with van der Waals surface area (Å²) >= 11 is 5.21. The van der Waals surface area contributed by atoms with E-state index in [9.17, 15) is 4.79 Å². The first-order valence-electron chi connectivity index (χ1n) is 10.4. The fourth-order valence-electron chi connectivity index (χ4n) is 3.21. The first kappa shape index (κ1) is 21.4. The van der Waals surface area contributed by atoms with Crippen LogP contribution in [0.15, 0.2) is 36.7 Å². The van der Waals surface area contributed by atoms with E-state index in [1.54, 1.807) is 6.20 Å². The van der Waals surface area contributed by atoms with Crippen molar-refractivity contribution in [1.29, 1.82) is 0 Å². The Kier molecular flexibility index (Phi) is 9.91. The minimum Gasteiger partial charge on any atom is -0.352 e. The first-order chi connectivity index (χ1) is 13.2. The molecule has 0 bridgehead atoms. The Bertz CT molecular complexity index is 718. The van der Waals surface area contributed by atoms with Gasteiger partial charge in [-0.2, -0.15) is 0 Å². The Hall–Kier alpha value is -1.88. The summed E-state index contributed by atoms with van der Waals surface area (Å²) in [7, 11) is 0. The number of carbonyl (C=O) groups is 1. The SMILES string of the molecule is CCCCCCCCCCCCNC(=O)c1ccc(-n2cc[nH]c2=S)cc1. The van der Waals surface area contributed by atoms with Gasteiger partial charge in [0.1, 0.15) is 0 Å². The van der Waals surface area contributed by atoms with Gasteiger partial charge in [-0.3, -0.25) is 9.36 Å². The lowest BCUT2D eigenvalue weighted by Gasteiger charge is -2.07. The highest BCUT2D eigenvalue weighted by Crippen LogP contribution is 2.11. The molecule has 0 spiro atoms. The van der Waals surface area contributed by atoms with Gasteiger partial charge < -0.3 is 10.3 Å². The van der Waals surface area contributed by atoms with Gasteiger partial charge in [0.05, 0.1) is 0 Å². The summed E-state index contributed by atoms with van der Waals surface area (Å²) < 4.78 is 2.52. The molecule has 0 aliphatic heterocycles. The van der Waals surface area contributed by atoms with Crippen LogP contribution in [0.25, 0.3) is 5.69 Å². The molecule has 0 aliphatic rings. The summed E-state index contributed by atoms with van der Waals surface area (Å²) in [6, 6.07) is 7.52. The number of hydrogen-bond acceptors (Lipinski definition) is 2. The molecule has 2 rings (SSSR count). The highest BCUT2D eigenvalue weighted by molar-refractivity contribution is 7.71. The van der Waals surface area contributed by atoms with E-state index in [4.69, 9.17) is 12.2 Å². The highest BCUT2D eigenvalue weighted by atomic mass is 32.1. The molecule has 1 heterocycles. The van der Waals surface area contributed by atoms with E-state index < -0.39 is 0 Å². The molecule has 0 aliphatic carbocycles. The zero-order valence-corrected chi connectivity index (χ0v) is 17.3. The number of nitrogens with one attached hydrogen (secondary N) is 2. The van der Waals surface area contributed by atoms with Crippen LogP contribution in [-0.2, 0) is 0 Å². The Morgan fingerprint density at radius 2 is 1.56 bits per heavy atom. The molecular weight excluding hydrogens is 354 g/mol. The molecule has 148 valence electrons. The lowest BCUT2D eigenvalue weighted by atomic mass is 10.1. The zero-order valence-electron chi connectivity index (χ0n) is 16.5. The van der Waals surface area contributed by atoms with E-state index in [1.165, 1.54) is 57.8 Å². The van der Waals surface area contributed by atoms with Gasteiger partial charge in [0.15, 0.2) is 4.77 Å². The van der Waals surface area contributed by atoms with Crippen molar-refractivity contribution in [1.82, 2.24) is 14.9 Å². The van der Waals surface area contributed by atoms with Crippen LogP contribution in [0.2, 0.25) is 0 Å². The molecule has 5 heteroatoms. The van der Waals surface area contributed by atoms with Crippen LogP contribution in [0.4, 0.5) is 0 Å². The smallest absolute Gasteiger partial charge is 0.251 e. The molecule has 1 amide bonds. The third-order valence-corrected chi connectivity index (χ3v) is 5.19. The number of aromatic amines is 1. The fourth-order valence-corrected chi connectivity index (χ4v) is 3.45. The van der Waals surface area contributed by atoms with Gasteiger partial charge in [0.25, 0.3) is 5.91 Å². The number of amides is 1. The molecule has 1 aromatic carbocycles. The second kappa shape index (κ2) is 12.5. The monoisotopic (exact) mass is 387 g/mol. The predicted octanol–water partition coefficient (Wildman–Crippen LogP) is 6.19. The second-order valence-electron chi connectivity index (χ2n) is 7.12. The van der Waals surface area contributed by atoms with Crippen molar-refractivity contribution in [2.45, 2.75) is 71.1 Å². The van der Waals surface area contributed by atoms with E-state index in [0.29, 0.717) is 10.3 Å². The summed E-state index contributed by atoms with van der Waals surface area (Å²) in [5, 5.41) is 3.02. The van der Waals surface area contributed by atoms with Gasteiger partial charge in [-0.15, -0.1) is 0 Å². The third kappa shape index (κ3) is 7.71. The number of rotatable bonds is 13. The average molecular weight is 388 g/mol. The molecule has 4 nitrogen and oxygen atoms in total. The van der Waals surface area contributed by atoms with Crippen molar-refractivity contribution in [3.05, 3.63) is 47.0 Å². The lowest BCUT2D eigenvalue weighted by Crippen LogP contribution is -2.24. The molecule has 1 aromatic heterocycles. The number of H-pyrrole nitrogens is 1. The van der Waals surface area contributed by atoms with Crippen LogP contribution < -0.4 is 5.32 Å². The summed E-state index contributed by atoms with van der Waals surface area (Å²) in [6.45, 7) is 3.01. The van der Waals surface area contributed by atoms with E-state index in [2.05, 4.69) is 17.2 Å². The Morgan fingerprint density at radius 1 is 0.963 bits per heavy atom. The molecule has 0 saturated heterocycles. The van der Waals surface area contributed by atoms with Crippen molar-refractivity contribution in [2.75, 3.05) is 6.54 Å². The Balaban J connectivity index is 1.57. The number of unbranched alkanes of at least 4 members (excludes halogenated alkanes) is 9. The van der Waals surface area contributed by atoms with Gasteiger partial charge in [0, 0.05) is 30.2 Å². The zero-order chi connectivity index (χ0) is 19.3. The van der Waals surface area contributed by atoms with Gasteiger partial charge in [-0.05, 0) is 42.9 Å². The first-order valence-corrected chi connectivity index (χ1v) is 10.8. The maximum absolute atomic E-state index is 12.2. The molecule has 27 heavy (non-hydrogen) atoms. The van der Waals surface area contributed by atoms with Crippen molar-refractivity contribution < 1.29 is 4.79 Å². The average Bonchev–Trinajstić information content (AvgIpc) is 3.12. The van der Waals surface area contributed by atoms with E-state index in [0.717, 1.165) is 18.7 Å². The van der Waals surface area contributed by atoms with Crippen molar-refractivity contribution >= 4 is 18.1 Å². The number of carbonyl (C=O) groups excluding carboxylic acids is 1. The minimum atomic E-state index is -0.00450. The number of nitrogens with zero attached hydrogens (tertiary/aromatic N) is 1. The Morgan fingerprint density at radius 3 is 2.11 bits per heavy atom. The van der Waals surface area contributed by atoms with Gasteiger partial charge in [0.2, 0.25) is 0 Å². The van der Waals surface area contributed by atoms with Crippen molar-refractivity contribution in [2.24, 2.45) is 0 Å². The Labute approximate surface area is 168 Å². The summed E-state index contributed by atoms with van der Waals surface area (Å²) in [4.78, 5) is 15.2. The quantitative estimate of drug-likeness (QED) is 0.318. The third-order valence-electron chi connectivity index (χ3n) is 4.87. The largest absolute Gasteiger partial charge is 0.352 e. The molecular formula is C22H33N3OS. The van der Waals surface area contributed by atoms with Crippen LogP contribution in [0.1, 0.15) is 81.5 Å². The van der Waals surface area contributed by atoms with Gasteiger partial charge >= 0.3 is 0 Å². The summed E-state index contributed by atoms with van der Waals surface area (Å²) in [5.41, 5.74) is 1.64. The molecule has 0 saturated carbocycles. The molecule has 0 radical (unpaired) electrons. The fraction of sp³-hybridized carbons (Fsp3) is 0.545. The normalized spacial score (nSPS) is 10.9. The minimum absolute atomic E-state index is 0.00450. The molecule has 0 unspecified atom stereocenters. The van der Waals surface area contributed by atoms with Crippen LogP contribution in [-0.4, -0.2) is 22.0 Å². The van der Waals surface area contributed by atoms with Crippen LogP contribution in [0.5, 0.6) is 0 Å². The van der Waals surface area contributed by atoms with E-state index >= 15 is 0 Å². The van der Waals surface area contributed by atoms with E-state index in [-0.39, 0.29) is 5.91 Å². The second-order valence-corrected chi connectivity index (χ2v) is 7.51. The number of aromatic nitrogens is 2. The molecule has 2 aromatic rings. The molecule has 0 fully saturated rings. The summed E-state index contributed by atoms with van der Waals surface area (Å²) in [6.07, 6.45) is 16.7. The topological polar surface area (TPSA) is 49.8 Å². The number of hydrogen-bond donors (Lipinski definition) is 2. The number of imidazole rings is 1. The molecule has 0 atom stereocenters. The van der Waals surface area contributed by atoms with Crippen molar-refractivity contribution in [3.63, 3.8) is 0 Å². The predicted molar refractivity (Wildman–Crippen MR) is 115 cm³/mol. The maximum Gasteiger partial charge on any atom is 0.251 e. The standard InChI is InChI=1S/C22H33N3OS/c1-2-3-4-5-6-7-8-9-10-11-16-23-21(26)19-12-14-20(15-13-19)25-18-17-24-22(25)27/h12-15,17-18H,2-11,16H2,1H3,(H,23,26)(H,24,27). The maximum atomic E-state index is 12.2.